The molecule has 0 saturated heterocycles. The van der Waals surface area contributed by atoms with Gasteiger partial charge in [0.1, 0.15) is 11.3 Å². The molecule has 0 saturated carbocycles. The minimum absolute atomic E-state index is 0.00422. The Kier molecular flexibility index (Phi) is 7.68. The van der Waals surface area contributed by atoms with Crippen LogP contribution in [0.3, 0.4) is 0 Å². The van der Waals surface area contributed by atoms with Crippen molar-refractivity contribution in [3.63, 3.8) is 0 Å². The third-order valence-corrected chi connectivity index (χ3v) is 6.89. The van der Waals surface area contributed by atoms with Crippen LogP contribution < -0.4 is 10.7 Å². The van der Waals surface area contributed by atoms with E-state index in [1.807, 2.05) is 13.8 Å². The molecule has 0 aliphatic rings. The summed E-state index contributed by atoms with van der Waals surface area (Å²) in [6.07, 6.45) is 0.529. The molecule has 3 rings (SSSR count). The summed E-state index contributed by atoms with van der Waals surface area (Å²) in [5.74, 6) is -0.739. The van der Waals surface area contributed by atoms with E-state index < -0.39 is 33.0 Å². The molecule has 0 spiro atoms. The molecule has 0 bridgehead atoms. The summed E-state index contributed by atoms with van der Waals surface area (Å²) in [4.78, 5) is 33.8. The van der Waals surface area contributed by atoms with Crippen molar-refractivity contribution in [1.82, 2.24) is 19.9 Å². The van der Waals surface area contributed by atoms with Gasteiger partial charge in [-0.15, -0.1) is 0 Å². The number of hydrogen-bond acceptors (Lipinski definition) is 6. The van der Waals surface area contributed by atoms with Crippen LogP contribution in [-0.2, 0) is 22.6 Å². The summed E-state index contributed by atoms with van der Waals surface area (Å²) in [7, 11) is -3.43. The van der Waals surface area contributed by atoms with Crippen molar-refractivity contribution in [3.05, 3.63) is 75.7 Å². The molecule has 3 heterocycles. The second-order valence-electron chi connectivity index (χ2n) is 8.36. The van der Waals surface area contributed by atoms with Gasteiger partial charge in [-0.3, -0.25) is 19.6 Å². The number of nitrogens with one attached hydrogen (secondary N) is 1. The molecule has 8 nitrogen and oxygen atoms in total. The lowest BCUT2D eigenvalue weighted by atomic mass is 10.00. The van der Waals surface area contributed by atoms with Gasteiger partial charge in [-0.05, 0) is 50.1 Å². The highest BCUT2D eigenvalue weighted by Crippen LogP contribution is 2.31. The highest BCUT2D eigenvalue weighted by Gasteiger charge is 2.33. The van der Waals surface area contributed by atoms with Gasteiger partial charge in [0, 0.05) is 42.1 Å². The minimum atomic E-state index is -4.70. The Morgan fingerprint density at radius 2 is 1.89 bits per heavy atom. The first-order chi connectivity index (χ1) is 16.7. The van der Waals surface area contributed by atoms with E-state index in [4.69, 9.17) is 0 Å². The molecule has 1 N–H and O–H groups in total. The number of pyridine rings is 3. The molecule has 0 aliphatic heterocycles. The fourth-order valence-corrected chi connectivity index (χ4v) is 4.18. The first-order valence-corrected chi connectivity index (χ1v) is 12.9. The van der Waals surface area contributed by atoms with Gasteiger partial charge in [-0.25, -0.2) is 8.42 Å². The SMILES string of the molecule is CCC(C)n1cc(C(=O)NCc2ccc(S(C)(=O)=O)cn2)c(=O)c(-c2ccnc(C(F)(F)F)c2)c1C. The van der Waals surface area contributed by atoms with E-state index in [2.05, 4.69) is 15.3 Å². The molecule has 3 aromatic rings. The van der Waals surface area contributed by atoms with Gasteiger partial charge >= 0.3 is 6.18 Å². The summed E-state index contributed by atoms with van der Waals surface area (Å²) in [5.41, 5.74) is -1.35. The van der Waals surface area contributed by atoms with E-state index in [1.165, 1.54) is 30.6 Å². The topological polar surface area (TPSA) is 111 Å². The fraction of sp³-hybridized carbons (Fsp3) is 0.333. The monoisotopic (exact) mass is 522 g/mol. The van der Waals surface area contributed by atoms with Crippen molar-refractivity contribution < 1.29 is 26.4 Å². The minimum Gasteiger partial charge on any atom is -0.347 e. The van der Waals surface area contributed by atoms with Crippen molar-refractivity contribution in [1.29, 1.82) is 0 Å². The molecule has 36 heavy (non-hydrogen) atoms. The van der Waals surface area contributed by atoms with Crippen LogP contribution in [0.25, 0.3) is 11.1 Å². The maximum Gasteiger partial charge on any atom is 0.433 e. The smallest absolute Gasteiger partial charge is 0.347 e. The molecule has 1 unspecified atom stereocenters. The standard InChI is InChI=1S/C24H25F3N4O4S/c1-5-14(2)31-13-19(23(33)30-11-17-6-7-18(12-29-17)36(4,34)35)22(32)21(15(31)3)16-8-9-28-20(10-16)24(25,26)27/h6-10,12-14H,5,11H2,1-4H3,(H,30,33). The van der Waals surface area contributed by atoms with Crippen molar-refractivity contribution >= 4 is 15.7 Å². The van der Waals surface area contributed by atoms with E-state index in [9.17, 15) is 31.2 Å². The number of aromatic nitrogens is 3. The summed E-state index contributed by atoms with van der Waals surface area (Å²) < 4.78 is 64.6. The predicted octanol–water partition coefficient (Wildman–Crippen LogP) is 3.94. The Hall–Kier alpha value is -3.54. The van der Waals surface area contributed by atoms with Gasteiger partial charge in [-0.2, -0.15) is 13.2 Å². The molecular formula is C24H25F3N4O4S. The summed E-state index contributed by atoms with van der Waals surface area (Å²) in [5, 5.41) is 2.58. The number of sulfone groups is 1. The van der Waals surface area contributed by atoms with Gasteiger partial charge in [0.05, 0.1) is 17.1 Å². The van der Waals surface area contributed by atoms with E-state index in [0.717, 1.165) is 18.5 Å². The van der Waals surface area contributed by atoms with Crippen LogP contribution in [0.15, 0.2) is 52.5 Å². The quantitative estimate of drug-likeness (QED) is 0.503. The van der Waals surface area contributed by atoms with Crippen LogP contribution in [0.5, 0.6) is 0 Å². The molecule has 0 aliphatic carbocycles. The van der Waals surface area contributed by atoms with Crippen LogP contribution in [-0.4, -0.2) is 35.1 Å². The lowest BCUT2D eigenvalue weighted by molar-refractivity contribution is -0.141. The normalized spacial score (nSPS) is 12.9. The Labute approximate surface area is 206 Å². The average molecular weight is 523 g/mol. The Bertz CT molecular complexity index is 1450. The maximum absolute atomic E-state index is 13.4. The first kappa shape index (κ1) is 27.1. The van der Waals surface area contributed by atoms with Gasteiger partial charge in [-0.1, -0.05) is 6.92 Å². The number of amides is 1. The zero-order chi connectivity index (χ0) is 26.8. The molecule has 1 atom stereocenters. The number of rotatable bonds is 7. The van der Waals surface area contributed by atoms with Crippen LogP contribution in [0.4, 0.5) is 13.2 Å². The van der Waals surface area contributed by atoms with Crippen molar-refractivity contribution in [2.24, 2.45) is 0 Å². The van der Waals surface area contributed by atoms with E-state index >= 15 is 0 Å². The van der Waals surface area contributed by atoms with E-state index in [-0.39, 0.29) is 34.2 Å². The molecule has 3 aromatic heterocycles. The van der Waals surface area contributed by atoms with Gasteiger partial charge in [0.15, 0.2) is 9.84 Å². The molecular weight excluding hydrogens is 497 g/mol. The number of nitrogens with zero attached hydrogens (tertiary/aromatic N) is 3. The first-order valence-electron chi connectivity index (χ1n) is 11.0. The predicted molar refractivity (Wildman–Crippen MR) is 127 cm³/mol. The number of hydrogen-bond donors (Lipinski definition) is 1. The highest BCUT2D eigenvalue weighted by atomic mass is 32.2. The van der Waals surface area contributed by atoms with Crippen molar-refractivity contribution in [3.8, 4) is 11.1 Å². The Balaban J connectivity index is 2.03. The Morgan fingerprint density at radius 1 is 1.19 bits per heavy atom. The largest absolute Gasteiger partial charge is 0.433 e. The lowest BCUT2D eigenvalue weighted by Gasteiger charge is -2.22. The van der Waals surface area contributed by atoms with E-state index in [0.29, 0.717) is 17.8 Å². The van der Waals surface area contributed by atoms with Crippen molar-refractivity contribution in [2.45, 2.75) is 50.9 Å². The second kappa shape index (κ2) is 10.2. The van der Waals surface area contributed by atoms with Gasteiger partial charge in [0.2, 0.25) is 5.43 Å². The number of carbonyl (C=O) groups excluding carboxylic acids is 1. The molecule has 192 valence electrons. The molecule has 12 heteroatoms. The van der Waals surface area contributed by atoms with Crippen LogP contribution in [0, 0.1) is 6.92 Å². The average Bonchev–Trinajstić information content (AvgIpc) is 2.81. The molecule has 0 aromatic carbocycles. The molecule has 1 amide bonds. The summed E-state index contributed by atoms with van der Waals surface area (Å²) in [6, 6.07) is 4.73. The fourth-order valence-electron chi connectivity index (χ4n) is 3.62. The zero-order valence-corrected chi connectivity index (χ0v) is 20.9. The van der Waals surface area contributed by atoms with Crippen LogP contribution in [0.1, 0.15) is 53.7 Å². The third kappa shape index (κ3) is 5.81. The Morgan fingerprint density at radius 3 is 2.44 bits per heavy atom. The zero-order valence-electron chi connectivity index (χ0n) is 20.0. The number of carbonyl (C=O) groups is 1. The lowest BCUT2D eigenvalue weighted by Crippen LogP contribution is -2.31. The van der Waals surface area contributed by atoms with E-state index in [1.54, 1.807) is 11.5 Å². The summed E-state index contributed by atoms with van der Waals surface area (Å²) in [6.45, 7) is 5.29. The number of alkyl halides is 3. The third-order valence-electron chi connectivity index (χ3n) is 5.79. The van der Waals surface area contributed by atoms with Crippen molar-refractivity contribution in [2.75, 3.05) is 6.26 Å². The van der Waals surface area contributed by atoms with Gasteiger partial charge in [0.25, 0.3) is 5.91 Å². The second-order valence-corrected chi connectivity index (χ2v) is 10.4. The molecule has 0 fully saturated rings. The van der Waals surface area contributed by atoms with Gasteiger partial charge < -0.3 is 9.88 Å². The summed E-state index contributed by atoms with van der Waals surface area (Å²) >= 11 is 0. The highest BCUT2D eigenvalue weighted by molar-refractivity contribution is 7.90. The van der Waals surface area contributed by atoms with Crippen LogP contribution in [0.2, 0.25) is 0 Å². The number of halogens is 3. The molecule has 0 radical (unpaired) electrons. The van der Waals surface area contributed by atoms with Crippen LogP contribution >= 0.6 is 0 Å². The maximum atomic E-state index is 13.4.